The fraction of sp³-hybridized carbons (Fsp3) is 0.385. The number of benzene rings is 1. The quantitative estimate of drug-likeness (QED) is 0.804. The Labute approximate surface area is 122 Å². The van der Waals surface area contributed by atoms with Crippen molar-refractivity contribution in [1.29, 1.82) is 0 Å². The summed E-state index contributed by atoms with van der Waals surface area (Å²) >= 11 is 1.66. The van der Waals surface area contributed by atoms with Crippen molar-refractivity contribution in [2.45, 2.75) is 0 Å². The Balaban J connectivity index is 2.66. The number of aliphatic carboxylic acids is 1. The van der Waals surface area contributed by atoms with Crippen LogP contribution in [-0.4, -0.2) is 54.2 Å². The van der Waals surface area contributed by atoms with Crippen LogP contribution in [0.25, 0.3) is 0 Å². The van der Waals surface area contributed by atoms with Crippen LogP contribution in [0.3, 0.4) is 0 Å². The minimum absolute atomic E-state index is 0.259. The average molecular weight is 298 g/mol. The van der Waals surface area contributed by atoms with Crippen molar-refractivity contribution >= 4 is 29.4 Å². The van der Waals surface area contributed by atoms with Gasteiger partial charge in [-0.15, -0.1) is 0 Å². The highest BCUT2D eigenvalue weighted by Crippen LogP contribution is 2.23. The second-order valence-electron chi connectivity index (χ2n) is 4.02. The fourth-order valence-corrected chi connectivity index (χ4v) is 1.83. The number of hydrogen-bond donors (Lipinski definition) is 2. The zero-order chi connectivity index (χ0) is 15.0. The van der Waals surface area contributed by atoms with Gasteiger partial charge >= 0.3 is 12.0 Å². The molecule has 2 N–H and O–H groups in total. The van der Waals surface area contributed by atoms with E-state index in [1.807, 2.05) is 6.26 Å². The molecule has 0 aliphatic carbocycles. The van der Waals surface area contributed by atoms with Gasteiger partial charge in [0.25, 0.3) is 0 Å². The summed E-state index contributed by atoms with van der Waals surface area (Å²) < 4.78 is 5.12. The number of nitrogens with zero attached hydrogens (tertiary/aromatic N) is 1. The van der Waals surface area contributed by atoms with E-state index in [4.69, 9.17) is 9.84 Å². The summed E-state index contributed by atoms with van der Waals surface area (Å²) in [5, 5.41) is 11.3. The number of carboxylic acids is 1. The minimum atomic E-state index is -1.07. The van der Waals surface area contributed by atoms with Crippen LogP contribution in [0.15, 0.2) is 24.3 Å². The molecule has 0 atom stereocenters. The van der Waals surface area contributed by atoms with E-state index >= 15 is 0 Å². The molecule has 2 amide bonds. The van der Waals surface area contributed by atoms with Crippen molar-refractivity contribution in [3.8, 4) is 5.75 Å². The Morgan fingerprint density at radius 2 is 2.10 bits per heavy atom. The number of anilines is 1. The number of nitrogens with one attached hydrogen (secondary N) is 1. The molecule has 1 rings (SSSR count). The monoisotopic (exact) mass is 298 g/mol. The summed E-state index contributed by atoms with van der Waals surface area (Å²) in [6.07, 6.45) is 1.97. The molecule has 0 spiro atoms. The van der Waals surface area contributed by atoms with Gasteiger partial charge in [0.1, 0.15) is 5.75 Å². The van der Waals surface area contributed by atoms with Gasteiger partial charge < -0.3 is 20.1 Å². The number of carbonyl (C=O) groups excluding carboxylic acids is 1. The zero-order valence-corrected chi connectivity index (χ0v) is 12.3. The van der Waals surface area contributed by atoms with Gasteiger partial charge in [0.2, 0.25) is 0 Å². The molecule has 0 bridgehead atoms. The number of urea groups is 1. The maximum Gasteiger partial charge on any atom is 0.341 e. The minimum Gasteiger partial charge on any atom is -0.480 e. The van der Waals surface area contributed by atoms with Crippen LogP contribution < -0.4 is 10.1 Å². The summed E-state index contributed by atoms with van der Waals surface area (Å²) in [5.74, 6) is 0.117. The number of carbonyl (C=O) groups is 2. The lowest BCUT2D eigenvalue weighted by Gasteiger charge is -2.18. The van der Waals surface area contributed by atoms with Gasteiger partial charge in [-0.1, -0.05) is 12.1 Å². The number of thioether (sulfide) groups is 1. The Kier molecular flexibility index (Phi) is 6.72. The molecule has 7 heteroatoms. The van der Waals surface area contributed by atoms with E-state index in [1.165, 1.54) is 0 Å². The number of amides is 2. The first-order valence-electron chi connectivity index (χ1n) is 5.99. The predicted molar refractivity (Wildman–Crippen MR) is 79.6 cm³/mol. The third kappa shape index (κ3) is 5.40. The Hall–Kier alpha value is -1.89. The second kappa shape index (κ2) is 8.31. The summed E-state index contributed by atoms with van der Waals surface area (Å²) in [4.78, 5) is 24.0. The summed E-state index contributed by atoms with van der Waals surface area (Å²) in [5.41, 5.74) is 0.453. The molecule has 1 aromatic carbocycles. The van der Waals surface area contributed by atoms with E-state index in [2.05, 4.69) is 5.32 Å². The highest BCUT2D eigenvalue weighted by Gasteiger charge is 2.12. The standard InChI is InChI=1S/C13H18N2O4S/c1-15(7-8-20-2)13(18)14-10-5-3-4-6-11(10)19-9-12(16)17/h3-6H,7-9H2,1-2H3,(H,14,18)(H,16,17). The van der Waals surface area contributed by atoms with E-state index in [1.54, 1.807) is 48.0 Å². The molecule has 110 valence electrons. The van der Waals surface area contributed by atoms with Crippen LogP contribution in [0.5, 0.6) is 5.75 Å². The molecule has 0 radical (unpaired) electrons. The van der Waals surface area contributed by atoms with Crippen LogP contribution in [0, 0.1) is 0 Å². The van der Waals surface area contributed by atoms with Gasteiger partial charge in [0, 0.05) is 19.3 Å². The molecule has 0 fully saturated rings. The number of ether oxygens (including phenoxy) is 1. The smallest absolute Gasteiger partial charge is 0.341 e. The Morgan fingerprint density at radius 1 is 1.40 bits per heavy atom. The van der Waals surface area contributed by atoms with Crippen molar-refractivity contribution in [2.75, 3.05) is 37.5 Å². The molecule has 0 aliphatic heterocycles. The van der Waals surface area contributed by atoms with Gasteiger partial charge in [-0.3, -0.25) is 0 Å². The Bertz CT molecular complexity index is 467. The van der Waals surface area contributed by atoms with Crippen LogP contribution in [0.2, 0.25) is 0 Å². The molecular weight excluding hydrogens is 280 g/mol. The van der Waals surface area contributed by atoms with Crippen LogP contribution in [0.1, 0.15) is 0 Å². The lowest BCUT2D eigenvalue weighted by molar-refractivity contribution is -0.139. The van der Waals surface area contributed by atoms with E-state index in [9.17, 15) is 9.59 Å². The highest BCUT2D eigenvalue weighted by atomic mass is 32.2. The molecule has 0 unspecified atom stereocenters. The van der Waals surface area contributed by atoms with Crippen molar-refractivity contribution in [3.63, 3.8) is 0 Å². The molecule has 0 aliphatic rings. The van der Waals surface area contributed by atoms with Gasteiger partial charge in [-0.2, -0.15) is 11.8 Å². The number of para-hydroxylation sites is 2. The first-order valence-corrected chi connectivity index (χ1v) is 7.38. The summed E-state index contributed by atoms with van der Waals surface area (Å²) in [6, 6.07) is 6.47. The zero-order valence-electron chi connectivity index (χ0n) is 11.5. The predicted octanol–water partition coefficient (Wildman–Crippen LogP) is 1.98. The van der Waals surface area contributed by atoms with Gasteiger partial charge in [-0.05, 0) is 18.4 Å². The first kappa shape index (κ1) is 16.2. The maximum atomic E-state index is 11.9. The Morgan fingerprint density at radius 3 is 2.75 bits per heavy atom. The van der Waals surface area contributed by atoms with Crippen LogP contribution >= 0.6 is 11.8 Å². The van der Waals surface area contributed by atoms with Crippen LogP contribution in [-0.2, 0) is 4.79 Å². The van der Waals surface area contributed by atoms with Crippen LogP contribution in [0.4, 0.5) is 10.5 Å². The van der Waals surface area contributed by atoms with Crippen molar-refractivity contribution < 1.29 is 19.4 Å². The van der Waals surface area contributed by atoms with Gasteiger partial charge in [0.15, 0.2) is 6.61 Å². The molecule has 1 aromatic rings. The van der Waals surface area contributed by atoms with Gasteiger partial charge in [0.05, 0.1) is 5.69 Å². The molecular formula is C13H18N2O4S. The third-order valence-corrected chi connectivity index (χ3v) is 3.05. The summed E-state index contributed by atoms with van der Waals surface area (Å²) in [6.45, 7) is 0.181. The maximum absolute atomic E-state index is 11.9. The van der Waals surface area contributed by atoms with Gasteiger partial charge in [-0.25, -0.2) is 9.59 Å². The third-order valence-electron chi connectivity index (χ3n) is 2.46. The van der Waals surface area contributed by atoms with E-state index in [0.29, 0.717) is 18.0 Å². The lowest BCUT2D eigenvalue weighted by atomic mass is 10.3. The lowest BCUT2D eigenvalue weighted by Crippen LogP contribution is -2.33. The summed E-state index contributed by atoms with van der Waals surface area (Å²) in [7, 11) is 1.70. The molecule has 0 saturated carbocycles. The van der Waals surface area contributed by atoms with Crippen molar-refractivity contribution in [1.82, 2.24) is 4.90 Å². The highest BCUT2D eigenvalue weighted by molar-refractivity contribution is 7.98. The second-order valence-corrected chi connectivity index (χ2v) is 5.01. The molecule has 6 nitrogen and oxygen atoms in total. The van der Waals surface area contributed by atoms with E-state index in [-0.39, 0.29) is 6.03 Å². The van der Waals surface area contributed by atoms with Crippen molar-refractivity contribution in [3.05, 3.63) is 24.3 Å². The first-order chi connectivity index (χ1) is 9.54. The largest absolute Gasteiger partial charge is 0.480 e. The topological polar surface area (TPSA) is 78.9 Å². The average Bonchev–Trinajstić information content (AvgIpc) is 2.43. The normalized spacial score (nSPS) is 9.90. The fourth-order valence-electron chi connectivity index (χ4n) is 1.38. The number of rotatable bonds is 7. The molecule has 0 heterocycles. The van der Waals surface area contributed by atoms with E-state index in [0.717, 1.165) is 5.75 Å². The SMILES string of the molecule is CSCCN(C)C(=O)Nc1ccccc1OCC(=O)O. The van der Waals surface area contributed by atoms with E-state index < -0.39 is 12.6 Å². The number of hydrogen-bond acceptors (Lipinski definition) is 4. The van der Waals surface area contributed by atoms with Crippen molar-refractivity contribution in [2.24, 2.45) is 0 Å². The molecule has 0 saturated heterocycles. The molecule has 20 heavy (non-hydrogen) atoms. The number of carboxylic acid groups (broad SMARTS) is 1. The molecule has 0 aromatic heterocycles.